The topological polar surface area (TPSA) is 79.5 Å². The van der Waals surface area contributed by atoms with Crippen LogP contribution in [0.3, 0.4) is 0 Å². The number of halogens is 4. The van der Waals surface area contributed by atoms with Gasteiger partial charge in [0.25, 0.3) is 0 Å². The first kappa shape index (κ1) is 28.3. The highest BCUT2D eigenvalue weighted by Gasteiger charge is 2.49. The maximum atomic E-state index is 16.8. The van der Waals surface area contributed by atoms with Gasteiger partial charge in [-0.3, -0.25) is 4.90 Å². The van der Waals surface area contributed by atoms with E-state index in [1.54, 1.807) is 6.07 Å². The van der Waals surface area contributed by atoms with E-state index in [-0.39, 0.29) is 57.8 Å². The van der Waals surface area contributed by atoms with E-state index in [1.807, 2.05) is 4.90 Å². The predicted molar refractivity (Wildman–Crippen MR) is 165 cm³/mol. The molecule has 3 unspecified atom stereocenters. The Balaban J connectivity index is 1.30. The van der Waals surface area contributed by atoms with Gasteiger partial charge in [-0.1, -0.05) is 12.0 Å². The van der Waals surface area contributed by atoms with Gasteiger partial charge in [0.1, 0.15) is 35.7 Å². The molecular weight excluding hydrogens is 584 g/mol. The maximum absolute atomic E-state index is 16.8. The van der Waals surface area contributed by atoms with Gasteiger partial charge in [-0.2, -0.15) is 9.97 Å². The molecule has 2 bridgehead atoms. The fraction of sp³-hybridized carbons (Fsp3) is 0.412. The Morgan fingerprint density at radius 2 is 1.87 bits per heavy atom. The largest absolute Gasteiger partial charge is 0.461 e. The molecule has 4 fully saturated rings. The number of terminal acetylenes is 1. The summed E-state index contributed by atoms with van der Waals surface area (Å²) in [4.78, 5) is 13.4. The standard InChI is InChI=1S/C34H32F4N6O/c1-2-23-26(36)7-4-18-10-20(39)11-24(28(18)23)29-27(37)12-25-31(30(29)38)41-33(42-32(25)43-15-21-5-6-22(16-43)40-21)45-17-34-8-3-9-44(34)14-19(35)13-34/h1,4,7,10-12,19,21-22,40H,3,5-6,8-9,13-17,39H2/t19-,21?,22?,34?/m1/s1. The lowest BCUT2D eigenvalue weighted by Crippen LogP contribution is -2.51. The van der Waals surface area contributed by atoms with E-state index in [4.69, 9.17) is 21.9 Å². The van der Waals surface area contributed by atoms with Crippen molar-refractivity contribution in [3.8, 4) is 29.5 Å². The van der Waals surface area contributed by atoms with Gasteiger partial charge in [0.15, 0.2) is 5.82 Å². The van der Waals surface area contributed by atoms with Crippen molar-refractivity contribution >= 4 is 33.2 Å². The molecule has 0 spiro atoms. The lowest BCUT2D eigenvalue weighted by molar-refractivity contribution is 0.107. The van der Waals surface area contributed by atoms with E-state index in [9.17, 15) is 8.78 Å². The van der Waals surface area contributed by atoms with Crippen LogP contribution in [0.15, 0.2) is 30.3 Å². The van der Waals surface area contributed by atoms with Gasteiger partial charge in [0.2, 0.25) is 0 Å². The molecule has 0 radical (unpaired) electrons. The zero-order valence-electron chi connectivity index (χ0n) is 24.6. The summed E-state index contributed by atoms with van der Waals surface area (Å²) in [6.07, 6.45) is 8.81. The molecule has 4 aromatic rings. The number of hydrogen-bond acceptors (Lipinski definition) is 7. The van der Waals surface area contributed by atoms with Crippen LogP contribution in [0.1, 0.15) is 37.7 Å². The number of hydrogen-bond donors (Lipinski definition) is 2. The van der Waals surface area contributed by atoms with Crippen LogP contribution in [-0.4, -0.2) is 71.4 Å². The predicted octanol–water partition coefficient (Wildman–Crippen LogP) is 5.33. The summed E-state index contributed by atoms with van der Waals surface area (Å²) < 4.78 is 68.6. The minimum absolute atomic E-state index is 0.0256. The number of alkyl halides is 1. The van der Waals surface area contributed by atoms with Crippen molar-refractivity contribution in [1.29, 1.82) is 0 Å². The van der Waals surface area contributed by atoms with E-state index >= 15 is 8.78 Å². The van der Waals surface area contributed by atoms with Crippen molar-refractivity contribution in [1.82, 2.24) is 20.2 Å². The highest BCUT2D eigenvalue weighted by molar-refractivity contribution is 6.05. The normalized spacial score (nSPS) is 26.1. The van der Waals surface area contributed by atoms with Crippen LogP contribution in [0.4, 0.5) is 29.1 Å². The van der Waals surface area contributed by atoms with Gasteiger partial charge in [0.05, 0.1) is 16.7 Å². The molecule has 4 aliphatic heterocycles. The molecule has 11 heteroatoms. The fourth-order valence-electron chi connectivity index (χ4n) is 8.13. The molecular formula is C34H32F4N6O. The number of piperazine rings is 1. The Bertz CT molecular complexity index is 1900. The molecule has 0 saturated carbocycles. The molecule has 0 aliphatic carbocycles. The molecule has 4 aliphatic rings. The monoisotopic (exact) mass is 616 g/mol. The second-order valence-electron chi connectivity index (χ2n) is 12.9. The van der Waals surface area contributed by atoms with Crippen molar-refractivity contribution in [2.45, 2.75) is 55.9 Å². The van der Waals surface area contributed by atoms with Crippen LogP contribution < -0.4 is 20.7 Å². The summed E-state index contributed by atoms with van der Waals surface area (Å²) in [6, 6.07) is 7.28. The number of ether oxygens (including phenoxy) is 1. The molecule has 232 valence electrons. The Morgan fingerprint density at radius 3 is 2.64 bits per heavy atom. The molecule has 5 heterocycles. The maximum Gasteiger partial charge on any atom is 0.319 e. The highest BCUT2D eigenvalue weighted by Crippen LogP contribution is 2.43. The number of anilines is 2. The molecule has 0 amide bonds. The number of benzene rings is 3. The summed E-state index contributed by atoms with van der Waals surface area (Å²) >= 11 is 0. The zero-order valence-corrected chi connectivity index (χ0v) is 24.6. The minimum Gasteiger partial charge on any atom is -0.461 e. The summed E-state index contributed by atoms with van der Waals surface area (Å²) in [5.41, 5.74) is 5.27. The molecule has 7 nitrogen and oxygen atoms in total. The van der Waals surface area contributed by atoms with E-state index in [0.29, 0.717) is 37.3 Å². The summed E-state index contributed by atoms with van der Waals surface area (Å²) in [6.45, 7) is 2.54. The van der Waals surface area contributed by atoms with Crippen LogP contribution in [0.25, 0.3) is 32.8 Å². The number of nitrogens with zero attached hydrogens (tertiary/aromatic N) is 4. The lowest BCUT2D eigenvalue weighted by Gasteiger charge is -2.34. The van der Waals surface area contributed by atoms with Crippen molar-refractivity contribution in [3.05, 3.63) is 53.3 Å². The smallest absolute Gasteiger partial charge is 0.319 e. The number of nitrogens with two attached hydrogens (primary N) is 1. The number of nitrogen functional groups attached to an aromatic ring is 1. The average Bonchev–Trinajstić information content (AvgIpc) is 3.66. The second kappa shape index (κ2) is 10.5. The summed E-state index contributed by atoms with van der Waals surface area (Å²) in [7, 11) is 0. The van der Waals surface area contributed by atoms with Gasteiger partial charge >= 0.3 is 6.01 Å². The first-order valence-electron chi connectivity index (χ1n) is 15.4. The molecule has 8 rings (SSSR count). The quantitative estimate of drug-likeness (QED) is 0.178. The van der Waals surface area contributed by atoms with Gasteiger partial charge in [-0.15, -0.1) is 6.42 Å². The van der Waals surface area contributed by atoms with Crippen molar-refractivity contribution < 1.29 is 22.3 Å². The fourth-order valence-corrected chi connectivity index (χ4v) is 8.13. The third kappa shape index (κ3) is 4.57. The molecule has 1 aromatic heterocycles. The Labute approximate surface area is 257 Å². The summed E-state index contributed by atoms with van der Waals surface area (Å²) in [5.74, 6) is 0.188. The third-order valence-electron chi connectivity index (χ3n) is 10.1. The highest BCUT2D eigenvalue weighted by atomic mass is 19.1. The Morgan fingerprint density at radius 1 is 1.07 bits per heavy atom. The molecule has 3 N–H and O–H groups in total. The SMILES string of the molecule is C#Cc1c(F)ccc2cc(N)cc(-c3c(F)cc4c(N5CC6CCC(C5)N6)nc(OCC56CCCN5C[C@H](F)C6)nc4c3F)c12. The number of nitrogens with one attached hydrogen (secondary N) is 1. The van der Waals surface area contributed by atoms with Crippen molar-refractivity contribution in [3.63, 3.8) is 0 Å². The third-order valence-corrected chi connectivity index (χ3v) is 10.1. The zero-order chi connectivity index (χ0) is 31.0. The van der Waals surface area contributed by atoms with Gasteiger partial charge in [-0.25, -0.2) is 17.6 Å². The van der Waals surface area contributed by atoms with Gasteiger partial charge in [-0.05, 0) is 67.4 Å². The van der Waals surface area contributed by atoms with Crippen LogP contribution in [0.2, 0.25) is 0 Å². The number of aromatic nitrogens is 2. The Kier molecular flexibility index (Phi) is 6.59. The van der Waals surface area contributed by atoms with Gasteiger partial charge < -0.3 is 20.7 Å². The first-order chi connectivity index (χ1) is 21.7. The van der Waals surface area contributed by atoms with E-state index in [2.05, 4.69) is 21.1 Å². The second-order valence-corrected chi connectivity index (χ2v) is 12.9. The molecule has 4 saturated heterocycles. The summed E-state index contributed by atoms with van der Waals surface area (Å²) in [5, 5.41) is 4.39. The van der Waals surface area contributed by atoms with E-state index < -0.39 is 34.7 Å². The van der Waals surface area contributed by atoms with Crippen molar-refractivity contribution in [2.24, 2.45) is 0 Å². The van der Waals surface area contributed by atoms with Crippen LogP contribution in [0.5, 0.6) is 6.01 Å². The number of fused-ring (bicyclic) bond motifs is 5. The molecule has 4 atom stereocenters. The van der Waals surface area contributed by atoms with Crippen LogP contribution in [-0.2, 0) is 0 Å². The van der Waals surface area contributed by atoms with Crippen LogP contribution in [0, 0.1) is 29.8 Å². The van der Waals surface area contributed by atoms with Gasteiger partial charge in [0, 0.05) is 54.6 Å². The number of rotatable bonds is 5. The molecule has 45 heavy (non-hydrogen) atoms. The van der Waals surface area contributed by atoms with E-state index in [1.165, 1.54) is 24.3 Å². The minimum atomic E-state index is -0.957. The lowest BCUT2D eigenvalue weighted by atomic mass is 9.92. The van der Waals surface area contributed by atoms with E-state index in [0.717, 1.165) is 32.2 Å². The van der Waals surface area contributed by atoms with Crippen molar-refractivity contribution in [2.75, 3.05) is 43.4 Å². The average molecular weight is 617 g/mol. The molecule has 3 aromatic carbocycles. The Hall–Kier alpha value is -4.14. The first-order valence-corrected chi connectivity index (χ1v) is 15.4. The van der Waals surface area contributed by atoms with Crippen LogP contribution >= 0.6 is 0 Å².